The van der Waals surface area contributed by atoms with Crippen molar-refractivity contribution in [1.82, 2.24) is 9.62 Å². The Bertz CT molecular complexity index is 649. The standard InChI is InChI=1S/C13H16ClF3N2O2S/c1-18-7-9-4-5-19(8-9)22(20,21)12-6-10(13(15,16)17)2-3-11(12)14/h2-3,6,9,18H,4-5,7-8H2,1H3. The average molecular weight is 357 g/mol. The van der Waals surface area contributed by atoms with E-state index in [0.29, 0.717) is 19.0 Å². The van der Waals surface area contributed by atoms with Crippen LogP contribution in [-0.2, 0) is 16.2 Å². The van der Waals surface area contributed by atoms with Crippen molar-refractivity contribution in [3.63, 3.8) is 0 Å². The molecule has 1 saturated heterocycles. The van der Waals surface area contributed by atoms with E-state index in [-0.39, 0.29) is 24.0 Å². The fourth-order valence-electron chi connectivity index (χ4n) is 2.49. The van der Waals surface area contributed by atoms with Crippen LogP contribution in [0.25, 0.3) is 0 Å². The smallest absolute Gasteiger partial charge is 0.319 e. The van der Waals surface area contributed by atoms with Crippen LogP contribution >= 0.6 is 11.6 Å². The molecule has 0 aromatic heterocycles. The minimum atomic E-state index is -4.62. The van der Waals surface area contributed by atoms with Crippen molar-refractivity contribution < 1.29 is 21.6 Å². The summed E-state index contributed by atoms with van der Waals surface area (Å²) in [4.78, 5) is -0.492. The average Bonchev–Trinajstić information content (AvgIpc) is 2.87. The summed E-state index contributed by atoms with van der Waals surface area (Å²) in [7, 11) is -2.27. The lowest BCUT2D eigenvalue weighted by Crippen LogP contribution is -2.30. The van der Waals surface area contributed by atoms with Gasteiger partial charge in [-0.15, -0.1) is 0 Å². The van der Waals surface area contributed by atoms with Crippen LogP contribution in [0.4, 0.5) is 13.2 Å². The third-order valence-electron chi connectivity index (χ3n) is 3.62. The summed E-state index contributed by atoms with van der Waals surface area (Å²) >= 11 is 5.82. The Kier molecular flexibility index (Phi) is 5.06. The van der Waals surface area contributed by atoms with Crippen molar-refractivity contribution in [2.75, 3.05) is 26.7 Å². The first-order valence-corrected chi connectivity index (χ1v) is 8.49. The Labute approximate surface area is 132 Å². The molecule has 2 rings (SSSR count). The fraction of sp³-hybridized carbons (Fsp3) is 0.538. The Morgan fingerprint density at radius 2 is 2.09 bits per heavy atom. The quantitative estimate of drug-likeness (QED) is 0.902. The summed E-state index contributed by atoms with van der Waals surface area (Å²) in [5.41, 5.74) is -1.03. The maximum Gasteiger partial charge on any atom is 0.416 e. The zero-order valence-corrected chi connectivity index (χ0v) is 13.4. The number of alkyl halides is 3. The van der Waals surface area contributed by atoms with E-state index >= 15 is 0 Å². The predicted octanol–water partition coefficient (Wildman–Crippen LogP) is 2.59. The Morgan fingerprint density at radius 1 is 1.41 bits per heavy atom. The van der Waals surface area contributed by atoms with Gasteiger partial charge in [0.25, 0.3) is 0 Å². The SMILES string of the molecule is CNCC1CCN(S(=O)(=O)c2cc(C(F)(F)F)ccc2Cl)C1. The first-order valence-electron chi connectivity index (χ1n) is 6.67. The van der Waals surface area contributed by atoms with E-state index in [9.17, 15) is 21.6 Å². The molecule has 0 amide bonds. The van der Waals surface area contributed by atoms with E-state index in [2.05, 4.69) is 5.32 Å². The van der Waals surface area contributed by atoms with E-state index in [1.54, 1.807) is 7.05 Å². The third kappa shape index (κ3) is 3.56. The van der Waals surface area contributed by atoms with Crippen LogP contribution in [0.15, 0.2) is 23.1 Å². The molecule has 1 aliphatic heterocycles. The molecule has 0 aliphatic carbocycles. The van der Waals surface area contributed by atoms with Gasteiger partial charge in [-0.05, 0) is 44.1 Å². The molecule has 0 bridgehead atoms. The number of nitrogens with zero attached hydrogens (tertiary/aromatic N) is 1. The van der Waals surface area contributed by atoms with E-state index in [1.807, 2.05) is 0 Å². The molecule has 1 aliphatic rings. The van der Waals surface area contributed by atoms with Crippen LogP contribution in [0.3, 0.4) is 0 Å². The molecular formula is C13H16ClF3N2O2S. The topological polar surface area (TPSA) is 49.4 Å². The highest BCUT2D eigenvalue weighted by molar-refractivity contribution is 7.89. The molecular weight excluding hydrogens is 341 g/mol. The zero-order valence-electron chi connectivity index (χ0n) is 11.8. The molecule has 1 unspecified atom stereocenters. The number of benzene rings is 1. The van der Waals surface area contributed by atoms with Gasteiger partial charge in [0.15, 0.2) is 0 Å². The monoisotopic (exact) mass is 356 g/mol. The largest absolute Gasteiger partial charge is 0.416 e. The van der Waals surface area contributed by atoms with E-state index < -0.39 is 26.7 Å². The van der Waals surface area contributed by atoms with Gasteiger partial charge in [0.2, 0.25) is 10.0 Å². The summed E-state index contributed by atoms with van der Waals surface area (Å²) in [5, 5.41) is 2.76. The molecule has 124 valence electrons. The molecule has 1 fully saturated rings. The first kappa shape index (κ1) is 17.5. The van der Waals surface area contributed by atoms with Gasteiger partial charge < -0.3 is 5.32 Å². The minimum Gasteiger partial charge on any atom is -0.319 e. The highest BCUT2D eigenvalue weighted by Crippen LogP contribution is 2.35. The summed E-state index contributed by atoms with van der Waals surface area (Å²) in [6.07, 6.45) is -3.95. The van der Waals surface area contributed by atoms with Crippen molar-refractivity contribution in [2.45, 2.75) is 17.5 Å². The number of sulfonamides is 1. The van der Waals surface area contributed by atoms with Gasteiger partial charge in [0.05, 0.1) is 10.6 Å². The van der Waals surface area contributed by atoms with Crippen molar-refractivity contribution in [3.8, 4) is 0 Å². The van der Waals surface area contributed by atoms with Gasteiger partial charge in [0, 0.05) is 13.1 Å². The number of halogens is 4. The van der Waals surface area contributed by atoms with Gasteiger partial charge in [-0.1, -0.05) is 11.6 Å². The van der Waals surface area contributed by atoms with E-state index in [1.165, 1.54) is 4.31 Å². The molecule has 9 heteroatoms. The van der Waals surface area contributed by atoms with Crippen LogP contribution < -0.4 is 5.32 Å². The van der Waals surface area contributed by atoms with Gasteiger partial charge in [-0.25, -0.2) is 8.42 Å². The van der Waals surface area contributed by atoms with Gasteiger partial charge in [-0.3, -0.25) is 0 Å². The molecule has 22 heavy (non-hydrogen) atoms. The number of hydrogen-bond donors (Lipinski definition) is 1. The number of rotatable bonds is 4. The second-order valence-corrected chi connectivity index (χ2v) is 7.53. The number of hydrogen-bond acceptors (Lipinski definition) is 3. The summed E-state index contributed by atoms with van der Waals surface area (Å²) in [6, 6.07) is 2.34. The van der Waals surface area contributed by atoms with Gasteiger partial charge >= 0.3 is 6.18 Å². The van der Waals surface area contributed by atoms with E-state index in [0.717, 1.165) is 12.1 Å². The maximum absolute atomic E-state index is 12.8. The van der Waals surface area contributed by atoms with Crippen molar-refractivity contribution >= 4 is 21.6 Å². The molecule has 4 nitrogen and oxygen atoms in total. The normalized spacial score (nSPS) is 20.5. The highest BCUT2D eigenvalue weighted by atomic mass is 35.5. The minimum absolute atomic E-state index is 0.143. The van der Waals surface area contributed by atoms with Gasteiger partial charge in [-0.2, -0.15) is 17.5 Å². The first-order chi connectivity index (χ1) is 10.2. The zero-order chi connectivity index (χ0) is 16.5. The summed E-state index contributed by atoms with van der Waals surface area (Å²) in [5.74, 6) is 0.143. The molecule has 0 saturated carbocycles. The Hall–Kier alpha value is -0.830. The maximum atomic E-state index is 12.8. The summed E-state index contributed by atoms with van der Waals surface area (Å²) in [6.45, 7) is 1.21. The van der Waals surface area contributed by atoms with E-state index in [4.69, 9.17) is 11.6 Å². The fourth-order valence-corrected chi connectivity index (χ4v) is 4.52. The van der Waals surface area contributed by atoms with Crippen LogP contribution in [0, 0.1) is 5.92 Å². The van der Waals surface area contributed by atoms with Crippen molar-refractivity contribution in [1.29, 1.82) is 0 Å². The van der Waals surface area contributed by atoms with Crippen LogP contribution in [0.5, 0.6) is 0 Å². The number of nitrogens with one attached hydrogen (secondary N) is 1. The Balaban J connectivity index is 2.34. The summed E-state index contributed by atoms with van der Waals surface area (Å²) < 4.78 is 64.6. The second kappa shape index (κ2) is 6.35. The van der Waals surface area contributed by atoms with Gasteiger partial charge in [0.1, 0.15) is 4.90 Å². The molecule has 1 N–H and O–H groups in total. The lowest BCUT2D eigenvalue weighted by Gasteiger charge is -2.18. The van der Waals surface area contributed by atoms with Crippen molar-refractivity contribution in [2.24, 2.45) is 5.92 Å². The molecule has 1 atom stereocenters. The lowest BCUT2D eigenvalue weighted by molar-refractivity contribution is -0.137. The lowest BCUT2D eigenvalue weighted by atomic mass is 10.1. The van der Waals surface area contributed by atoms with Crippen molar-refractivity contribution in [3.05, 3.63) is 28.8 Å². The molecule has 1 aromatic rings. The molecule has 0 radical (unpaired) electrons. The predicted molar refractivity (Wildman–Crippen MR) is 77.2 cm³/mol. The molecule has 0 spiro atoms. The van der Waals surface area contributed by atoms with Crippen LogP contribution in [0.1, 0.15) is 12.0 Å². The highest BCUT2D eigenvalue weighted by Gasteiger charge is 2.36. The van der Waals surface area contributed by atoms with Crippen LogP contribution in [-0.4, -0.2) is 39.4 Å². The molecule has 1 heterocycles. The molecule has 1 aromatic carbocycles. The Morgan fingerprint density at radius 3 is 2.68 bits per heavy atom. The second-order valence-electron chi connectivity index (χ2n) is 5.22. The third-order valence-corrected chi connectivity index (χ3v) is 5.96. The van der Waals surface area contributed by atoms with Crippen LogP contribution in [0.2, 0.25) is 5.02 Å².